The van der Waals surface area contributed by atoms with Crippen LogP contribution in [0, 0.1) is 52.3 Å². The highest BCUT2D eigenvalue weighted by atomic mass is 31.2. The molecule has 4 rings (SSSR count). The molecule has 0 aliphatic heterocycles. The van der Waals surface area contributed by atoms with E-state index < -0.39 is 32.7 Å². The molecule has 12 heteroatoms. The summed E-state index contributed by atoms with van der Waals surface area (Å²) in [5.74, 6) is 4.80. The highest BCUT2D eigenvalue weighted by molar-refractivity contribution is 7.47. The van der Waals surface area contributed by atoms with Gasteiger partial charge < -0.3 is 29.1 Å². The van der Waals surface area contributed by atoms with Crippen LogP contribution in [-0.2, 0) is 23.1 Å². The van der Waals surface area contributed by atoms with E-state index in [9.17, 15) is 19.0 Å². The Morgan fingerprint density at radius 2 is 1.75 bits per heavy atom. The van der Waals surface area contributed by atoms with Crippen LogP contribution in [0.2, 0.25) is 0 Å². The lowest BCUT2D eigenvalue weighted by Crippen LogP contribution is -2.51. The minimum atomic E-state index is -4.43. The number of hydrogen-bond acceptors (Lipinski definition) is 7. The molecule has 316 valence electrons. The van der Waals surface area contributed by atoms with Crippen molar-refractivity contribution < 1.29 is 42.1 Å². The number of allylic oxidation sites excluding steroid dienone is 3. The van der Waals surface area contributed by atoms with Gasteiger partial charge in [-0.25, -0.2) is 14.2 Å². The molecule has 11 atom stereocenters. The second-order valence-electron chi connectivity index (χ2n) is 19.4. The number of nitrogens with one attached hydrogen (secondary N) is 1. The summed E-state index contributed by atoms with van der Waals surface area (Å²) in [7, 11) is 2.82. The first-order valence-corrected chi connectivity index (χ1v) is 22.8. The Labute approximate surface area is 333 Å². The fourth-order valence-electron chi connectivity index (χ4n) is 10.8. The molecular weight excluding hydrogens is 717 g/mol. The smallest absolute Gasteiger partial charge is 0.446 e. The molecule has 2 N–H and O–H groups in total. The number of ether oxygens (including phenoxy) is 2. The minimum Gasteiger partial charge on any atom is -0.446 e. The van der Waals surface area contributed by atoms with Gasteiger partial charge in [-0.3, -0.25) is 9.05 Å². The quantitative estimate of drug-likeness (QED) is 0.0849. The van der Waals surface area contributed by atoms with Crippen LogP contribution in [0.5, 0.6) is 0 Å². The third-order valence-corrected chi connectivity index (χ3v) is 15.2. The number of phosphoric acid groups is 1. The van der Waals surface area contributed by atoms with Gasteiger partial charge in [0.15, 0.2) is 0 Å². The average Bonchev–Trinajstić information content (AvgIpc) is 3.46. The van der Waals surface area contributed by atoms with Gasteiger partial charge in [-0.1, -0.05) is 65.3 Å². The van der Waals surface area contributed by atoms with Crippen LogP contribution in [0.4, 0.5) is 9.59 Å². The van der Waals surface area contributed by atoms with Crippen molar-refractivity contribution in [3.63, 3.8) is 0 Å². The molecule has 4 aliphatic rings. The van der Waals surface area contributed by atoms with E-state index in [0.717, 1.165) is 37.5 Å². The van der Waals surface area contributed by atoms with Gasteiger partial charge in [-0.05, 0) is 117 Å². The normalized spacial score (nSPS) is 32.1. The molecule has 3 fully saturated rings. The van der Waals surface area contributed by atoms with Gasteiger partial charge in [0.25, 0.3) is 0 Å². The van der Waals surface area contributed by atoms with E-state index in [0.29, 0.717) is 46.0 Å². The van der Waals surface area contributed by atoms with Crippen LogP contribution in [0.1, 0.15) is 113 Å². The number of carbonyl (C=O) groups is 2. The predicted octanol–water partition coefficient (Wildman–Crippen LogP) is 9.22. The molecule has 0 bridgehead atoms. The number of alkyl carbamates (subject to hydrolysis) is 1. The number of rotatable bonds is 17. The lowest BCUT2D eigenvalue weighted by molar-refractivity contribution is -0.870. The van der Waals surface area contributed by atoms with E-state index in [2.05, 4.69) is 65.1 Å². The number of fused-ring (bicyclic) bond motifs is 5. The molecule has 0 radical (unpaired) electrons. The first kappa shape index (κ1) is 45.8. The van der Waals surface area contributed by atoms with Crippen molar-refractivity contribution in [1.29, 1.82) is 0 Å². The lowest BCUT2D eigenvalue weighted by atomic mass is 9.47. The fourth-order valence-corrected chi connectivity index (χ4v) is 11.6. The summed E-state index contributed by atoms with van der Waals surface area (Å²) in [5.41, 5.74) is 1.95. The first-order chi connectivity index (χ1) is 25.6. The maximum atomic E-state index is 13.8. The first-order valence-electron chi connectivity index (χ1n) is 21.3. The molecule has 2 unspecified atom stereocenters. The molecular formula is C43H77N3O8P+. The summed E-state index contributed by atoms with van der Waals surface area (Å²) >= 11 is 0. The molecule has 0 spiro atoms. The molecule has 0 heterocycles. The second kappa shape index (κ2) is 18.8. The van der Waals surface area contributed by atoms with E-state index in [4.69, 9.17) is 18.5 Å². The van der Waals surface area contributed by atoms with E-state index in [1.807, 2.05) is 35.0 Å². The number of hydrogen-bond donors (Lipinski definition) is 2. The van der Waals surface area contributed by atoms with E-state index in [1.54, 1.807) is 0 Å². The summed E-state index contributed by atoms with van der Waals surface area (Å²) in [6.07, 6.45) is 15.1. The zero-order valence-electron chi connectivity index (χ0n) is 36.3. The monoisotopic (exact) mass is 795 g/mol. The van der Waals surface area contributed by atoms with Gasteiger partial charge in [0.2, 0.25) is 0 Å². The van der Waals surface area contributed by atoms with Gasteiger partial charge in [-0.2, -0.15) is 0 Å². The van der Waals surface area contributed by atoms with Crippen molar-refractivity contribution in [1.82, 2.24) is 10.2 Å². The number of amides is 2. The molecule has 11 nitrogen and oxygen atoms in total. The summed E-state index contributed by atoms with van der Waals surface area (Å²) in [4.78, 5) is 37.8. The second-order valence-corrected chi connectivity index (χ2v) is 20.9. The Bertz CT molecular complexity index is 1410. The average molecular weight is 795 g/mol. The van der Waals surface area contributed by atoms with Crippen molar-refractivity contribution in [2.24, 2.45) is 52.3 Å². The van der Waals surface area contributed by atoms with E-state index in [-0.39, 0.29) is 30.7 Å². The van der Waals surface area contributed by atoms with Crippen LogP contribution in [0.3, 0.4) is 0 Å². The zero-order chi connectivity index (χ0) is 40.9. The van der Waals surface area contributed by atoms with Gasteiger partial charge >= 0.3 is 20.0 Å². The third kappa shape index (κ3) is 11.4. The molecule has 0 aromatic carbocycles. The number of likely N-dealkylation sites (N-methyl/N-ethyl adjacent to an activating group) is 1. The van der Waals surface area contributed by atoms with Crippen LogP contribution in [0.15, 0.2) is 23.8 Å². The van der Waals surface area contributed by atoms with Crippen LogP contribution < -0.4 is 5.32 Å². The summed E-state index contributed by atoms with van der Waals surface area (Å²) in [5, 5.41) is 2.40. The van der Waals surface area contributed by atoms with Crippen molar-refractivity contribution in [3.05, 3.63) is 23.8 Å². The van der Waals surface area contributed by atoms with E-state index >= 15 is 0 Å². The van der Waals surface area contributed by atoms with Crippen molar-refractivity contribution in [3.8, 4) is 0 Å². The number of quaternary nitrogens is 1. The lowest BCUT2D eigenvalue weighted by Gasteiger charge is -2.58. The summed E-state index contributed by atoms with van der Waals surface area (Å²) < 4.78 is 35.2. The number of nitrogens with zero attached hydrogens (tertiary/aromatic N) is 2. The zero-order valence-corrected chi connectivity index (χ0v) is 37.2. The largest absolute Gasteiger partial charge is 0.472 e. The molecule has 2 amide bonds. The Balaban J connectivity index is 1.39. The van der Waals surface area contributed by atoms with Crippen LogP contribution >= 0.6 is 7.82 Å². The summed E-state index contributed by atoms with van der Waals surface area (Å²) in [6.45, 7) is 18.3. The van der Waals surface area contributed by atoms with Crippen molar-refractivity contribution in [2.45, 2.75) is 131 Å². The molecule has 55 heavy (non-hydrogen) atoms. The minimum absolute atomic E-state index is 0.0106. The predicted molar refractivity (Wildman–Crippen MR) is 218 cm³/mol. The fraction of sp³-hybridized carbons (Fsp3) is 0.860. The molecule has 0 saturated heterocycles. The summed E-state index contributed by atoms with van der Waals surface area (Å²) in [6, 6.07) is -0.290. The maximum Gasteiger partial charge on any atom is 0.472 e. The Morgan fingerprint density at radius 1 is 1.04 bits per heavy atom. The van der Waals surface area contributed by atoms with Crippen molar-refractivity contribution >= 4 is 20.0 Å². The van der Waals surface area contributed by atoms with Gasteiger partial charge in [0.05, 0.1) is 34.3 Å². The molecule has 0 aromatic heterocycles. The van der Waals surface area contributed by atoms with E-state index in [1.165, 1.54) is 49.6 Å². The Kier molecular flexibility index (Phi) is 15.6. The van der Waals surface area contributed by atoms with Crippen LogP contribution in [-0.4, -0.2) is 99.2 Å². The standard InChI is InChI=1S/C43H76N3O8P/c1-13-32(29(2)3)15-14-31(6)37-18-19-38-36-17-16-33-26-34(20-22-42(33,7)39(36)21-23-43(37,38)8)54-41(48)45(30(4)5)27-35(53-40(47)44-9)28-52-55(49,50)51-25-24-46(10,11)12/h14-16,29-32,34-39H,13,17-28H2,1-12H3,(H-,44,47,49,50)/p+1/b15-14+/t31-,32-,34+,35?,36+,37-,38+,39+,42+,43-/m1/s1. The maximum absolute atomic E-state index is 13.8. The highest BCUT2D eigenvalue weighted by Crippen LogP contribution is 2.67. The van der Waals surface area contributed by atoms with Gasteiger partial charge in [-0.15, -0.1) is 0 Å². The third-order valence-electron chi connectivity index (χ3n) is 14.2. The number of carbonyl (C=O) groups excluding carboxylic acids is 2. The highest BCUT2D eigenvalue weighted by Gasteiger charge is 2.59. The van der Waals surface area contributed by atoms with Crippen molar-refractivity contribution in [2.75, 3.05) is 54.5 Å². The molecule has 3 saturated carbocycles. The Hall–Kier alpha value is -1.91. The topological polar surface area (TPSA) is 124 Å². The Morgan fingerprint density at radius 3 is 2.36 bits per heavy atom. The number of phosphoric ester groups is 1. The molecule has 4 aliphatic carbocycles. The van der Waals surface area contributed by atoms with Gasteiger partial charge in [0.1, 0.15) is 25.4 Å². The van der Waals surface area contributed by atoms with Crippen LogP contribution in [0.25, 0.3) is 0 Å². The molecule has 0 aromatic rings. The SMILES string of the molecule is CC[C@H](/C=C/[C@@H](C)[C@H]1CC[C@H]2[C@@H]3CC=C4C[C@@H](OC(=O)N(CC(COP(=O)(O)OCC[N+](C)(C)C)OC(=O)NC)C(C)C)CC[C@]4(C)[C@H]3CC[C@]12C)C(C)C. The van der Waals surface area contributed by atoms with Gasteiger partial charge in [0, 0.05) is 19.5 Å².